The van der Waals surface area contributed by atoms with Crippen molar-refractivity contribution in [1.29, 1.82) is 0 Å². The van der Waals surface area contributed by atoms with Gasteiger partial charge in [-0.05, 0) is 52.2 Å². The molecule has 2 N–H and O–H groups in total. The van der Waals surface area contributed by atoms with Crippen LogP contribution in [0.4, 0.5) is 5.69 Å². The fraction of sp³-hybridized carbons (Fsp3) is 0.133. The molecule has 5 heteroatoms. The smallest absolute Gasteiger partial charge is 0.335 e. The fourth-order valence-electron chi connectivity index (χ4n) is 1.80. The first-order valence-corrected chi connectivity index (χ1v) is 7.58. The van der Waals surface area contributed by atoms with Gasteiger partial charge in [0.1, 0.15) is 0 Å². The molecule has 0 unspecified atom stereocenters. The maximum absolute atomic E-state index is 10.9. The normalized spacial score (nSPS) is 10.3. The SMILES string of the molecule is Cc1cccc(NCc2ccc(C(=O)O)cc2Br)c1Br. The summed E-state index contributed by atoms with van der Waals surface area (Å²) in [6, 6.07) is 11.1. The molecule has 3 nitrogen and oxygen atoms in total. The van der Waals surface area contributed by atoms with Gasteiger partial charge >= 0.3 is 5.97 Å². The van der Waals surface area contributed by atoms with Crippen molar-refractivity contribution in [2.24, 2.45) is 0 Å². The highest BCUT2D eigenvalue weighted by Crippen LogP contribution is 2.27. The molecule has 0 aromatic heterocycles. The number of hydrogen-bond acceptors (Lipinski definition) is 2. The Hall–Kier alpha value is -1.33. The van der Waals surface area contributed by atoms with Crippen LogP contribution in [0.1, 0.15) is 21.5 Å². The molecule has 104 valence electrons. The lowest BCUT2D eigenvalue weighted by Gasteiger charge is -2.11. The van der Waals surface area contributed by atoms with Gasteiger partial charge in [0.2, 0.25) is 0 Å². The van der Waals surface area contributed by atoms with E-state index in [2.05, 4.69) is 37.2 Å². The molecule has 0 amide bonds. The van der Waals surface area contributed by atoms with Crippen molar-refractivity contribution in [2.45, 2.75) is 13.5 Å². The first-order chi connectivity index (χ1) is 9.49. The molecule has 0 aliphatic rings. The van der Waals surface area contributed by atoms with Gasteiger partial charge in [0.25, 0.3) is 0 Å². The second kappa shape index (κ2) is 6.41. The fourth-order valence-corrected chi connectivity index (χ4v) is 2.72. The minimum absolute atomic E-state index is 0.275. The summed E-state index contributed by atoms with van der Waals surface area (Å²) in [5, 5.41) is 12.3. The number of nitrogens with one attached hydrogen (secondary N) is 1. The number of aromatic carboxylic acids is 1. The summed E-state index contributed by atoms with van der Waals surface area (Å²) in [6.45, 7) is 2.65. The number of rotatable bonds is 4. The molecule has 20 heavy (non-hydrogen) atoms. The lowest BCUT2D eigenvalue weighted by Crippen LogP contribution is -2.03. The van der Waals surface area contributed by atoms with Crippen LogP contribution in [-0.4, -0.2) is 11.1 Å². The lowest BCUT2D eigenvalue weighted by atomic mass is 10.1. The predicted octanol–water partition coefficient (Wildman–Crippen LogP) is 4.83. The zero-order valence-corrected chi connectivity index (χ0v) is 14.0. The topological polar surface area (TPSA) is 49.3 Å². The van der Waals surface area contributed by atoms with Gasteiger partial charge in [0.15, 0.2) is 0 Å². The van der Waals surface area contributed by atoms with Crippen molar-refractivity contribution in [3.05, 3.63) is 62.0 Å². The minimum Gasteiger partial charge on any atom is -0.478 e. The highest BCUT2D eigenvalue weighted by molar-refractivity contribution is 9.11. The van der Waals surface area contributed by atoms with Crippen LogP contribution in [0.3, 0.4) is 0 Å². The van der Waals surface area contributed by atoms with Crippen molar-refractivity contribution < 1.29 is 9.90 Å². The first kappa shape index (κ1) is 15.1. The second-order valence-corrected chi connectivity index (χ2v) is 6.05. The van der Waals surface area contributed by atoms with E-state index in [1.165, 1.54) is 0 Å². The Morgan fingerprint density at radius 3 is 2.65 bits per heavy atom. The average Bonchev–Trinajstić information content (AvgIpc) is 2.41. The van der Waals surface area contributed by atoms with Crippen molar-refractivity contribution in [3.63, 3.8) is 0 Å². The minimum atomic E-state index is -0.924. The molecule has 0 radical (unpaired) electrons. The molecule has 0 atom stereocenters. The predicted molar refractivity (Wildman–Crippen MR) is 87.3 cm³/mol. The third-order valence-electron chi connectivity index (χ3n) is 2.96. The van der Waals surface area contributed by atoms with Crippen LogP contribution in [0.15, 0.2) is 45.3 Å². The van der Waals surface area contributed by atoms with Crippen LogP contribution in [-0.2, 0) is 6.54 Å². The van der Waals surface area contributed by atoms with E-state index in [9.17, 15) is 4.79 Å². The van der Waals surface area contributed by atoms with E-state index in [4.69, 9.17) is 5.11 Å². The number of carboxylic acids is 1. The number of benzene rings is 2. The number of hydrogen-bond donors (Lipinski definition) is 2. The molecule has 0 bridgehead atoms. The van der Waals surface area contributed by atoms with E-state index < -0.39 is 5.97 Å². The lowest BCUT2D eigenvalue weighted by molar-refractivity contribution is 0.0697. The molecular formula is C15H13Br2NO2. The van der Waals surface area contributed by atoms with Gasteiger partial charge in [-0.1, -0.05) is 34.1 Å². The summed E-state index contributed by atoms with van der Waals surface area (Å²) in [5.41, 5.74) is 3.45. The number of anilines is 1. The summed E-state index contributed by atoms with van der Waals surface area (Å²) >= 11 is 6.96. The number of carbonyl (C=O) groups is 1. The molecule has 0 aliphatic carbocycles. The van der Waals surface area contributed by atoms with Crippen LogP contribution < -0.4 is 5.32 Å². The van der Waals surface area contributed by atoms with Crippen LogP contribution in [0, 0.1) is 6.92 Å². The van der Waals surface area contributed by atoms with Crippen LogP contribution >= 0.6 is 31.9 Å². The Morgan fingerprint density at radius 1 is 1.25 bits per heavy atom. The van der Waals surface area contributed by atoms with Gasteiger partial charge in [0, 0.05) is 21.2 Å². The van der Waals surface area contributed by atoms with Crippen molar-refractivity contribution in [3.8, 4) is 0 Å². The van der Waals surface area contributed by atoms with Crippen molar-refractivity contribution >= 4 is 43.5 Å². The van der Waals surface area contributed by atoms with E-state index in [0.717, 1.165) is 25.8 Å². The Kier molecular flexibility index (Phi) is 4.83. The van der Waals surface area contributed by atoms with E-state index in [1.54, 1.807) is 12.1 Å². The average molecular weight is 399 g/mol. The highest BCUT2D eigenvalue weighted by atomic mass is 79.9. The maximum atomic E-state index is 10.9. The zero-order chi connectivity index (χ0) is 14.7. The Morgan fingerprint density at radius 2 is 2.00 bits per heavy atom. The largest absolute Gasteiger partial charge is 0.478 e. The third kappa shape index (κ3) is 3.41. The summed E-state index contributed by atoms with van der Waals surface area (Å²) in [5.74, 6) is -0.924. The molecule has 0 spiro atoms. The second-order valence-electron chi connectivity index (χ2n) is 4.40. The number of carboxylic acid groups (broad SMARTS) is 1. The van der Waals surface area contributed by atoms with E-state index in [1.807, 2.05) is 31.2 Å². The van der Waals surface area contributed by atoms with Gasteiger partial charge in [-0.3, -0.25) is 0 Å². The summed E-state index contributed by atoms with van der Waals surface area (Å²) in [6.07, 6.45) is 0. The van der Waals surface area contributed by atoms with Crippen LogP contribution in [0.2, 0.25) is 0 Å². The molecule has 0 aliphatic heterocycles. The number of halogens is 2. The molecule has 2 aromatic carbocycles. The van der Waals surface area contributed by atoms with Crippen molar-refractivity contribution in [1.82, 2.24) is 0 Å². The van der Waals surface area contributed by atoms with Crippen molar-refractivity contribution in [2.75, 3.05) is 5.32 Å². The van der Waals surface area contributed by atoms with E-state index in [0.29, 0.717) is 6.54 Å². The molecule has 0 saturated carbocycles. The molecule has 0 heterocycles. The quantitative estimate of drug-likeness (QED) is 0.775. The Balaban J connectivity index is 2.15. The first-order valence-electron chi connectivity index (χ1n) is 5.99. The zero-order valence-electron chi connectivity index (χ0n) is 10.8. The maximum Gasteiger partial charge on any atom is 0.335 e. The Bertz CT molecular complexity index is 656. The molecule has 0 saturated heterocycles. The van der Waals surface area contributed by atoms with Crippen LogP contribution in [0.25, 0.3) is 0 Å². The summed E-state index contributed by atoms with van der Waals surface area (Å²) in [7, 11) is 0. The summed E-state index contributed by atoms with van der Waals surface area (Å²) in [4.78, 5) is 10.9. The Labute approximate surface area is 134 Å². The molecule has 0 fully saturated rings. The van der Waals surface area contributed by atoms with Gasteiger partial charge in [-0.2, -0.15) is 0 Å². The number of aryl methyl sites for hydroxylation is 1. The van der Waals surface area contributed by atoms with Gasteiger partial charge in [-0.25, -0.2) is 4.79 Å². The highest BCUT2D eigenvalue weighted by Gasteiger charge is 2.07. The van der Waals surface area contributed by atoms with Gasteiger partial charge in [0.05, 0.1) is 5.56 Å². The van der Waals surface area contributed by atoms with E-state index in [-0.39, 0.29) is 5.56 Å². The van der Waals surface area contributed by atoms with Gasteiger partial charge < -0.3 is 10.4 Å². The standard InChI is InChI=1S/C15H13Br2NO2/c1-9-3-2-4-13(14(9)17)18-8-11-6-5-10(15(19)20)7-12(11)16/h2-7,18H,8H2,1H3,(H,19,20). The van der Waals surface area contributed by atoms with E-state index >= 15 is 0 Å². The van der Waals surface area contributed by atoms with Gasteiger partial charge in [-0.15, -0.1) is 0 Å². The molecule has 2 rings (SSSR count). The van der Waals surface area contributed by atoms with Crippen LogP contribution in [0.5, 0.6) is 0 Å². The monoisotopic (exact) mass is 397 g/mol. The summed E-state index contributed by atoms with van der Waals surface area (Å²) < 4.78 is 1.83. The third-order valence-corrected chi connectivity index (χ3v) is 4.75. The molecule has 2 aromatic rings. The molecular weight excluding hydrogens is 386 g/mol.